The van der Waals surface area contributed by atoms with Gasteiger partial charge in [-0.1, -0.05) is 25.7 Å². The number of nitrogens with two attached hydrogens (primary N) is 1. The van der Waals surface area contributed by atoms with Crippen molar-refractivity contribution in [2.75, 3.05) is 6.54 Å². The van der Waals surface area contributed by atoms with Gasteiger partial charge in [0.05, 0.1) is 6.04 Å². The third-order valence-electron chi connectivity index (χ3n) is 4.04. The lowest BCUT2D eigenvalue weighted by Gasteiger charge is -2.29. The monoisotopic (exact) mass is 223 g/mol. The summed E-state index contributed by atoms with van der Waals surface area (Å²) in [5.74, 6) is 0.807. The lowest BCUT2D eigenvalue weighted by Crippen LogP contribution is -2.44. The zero-order valence-electron chi connectivity index (χ0n) is 10.5. The normalized spacial score (nSPS) is 24.2. The highest BCUT2D eigenvalue weighted by Crippen LogP contribution is 2.24. The van der Waals surface area contributed by atoms with Crippen LogP contribution < -0.4 is 5.73 Å². The number of rotatable bonds is 3. The molecule has 0 heterocycles. The van der Waals surface area contributed by atoms with Crippen LogP contribution in [0.25, 0.3) is 0 Å². The van der Waals surface area contributed by atoms with Crippen molar-refractivity contribution in [2.45, 2.75) is 70.4 Å². The second kappa shape index (κ2) is 5.55. The summed E-state index contributed by atoms with van der Waals surface area (Å²) in [6.07, 6.45) is 10.5. The molecule has 2 saturated carbocycles. The second-order valence-corrected chi connectivity index (χ2v) is 5.15. The summed E-state index contributed by atoms with van der Waals surface area (Å²) in [5.41, 5.74) is 6.16. The predicted molar refractivity (Wildman–Crippen MR) is 68.5 cm³/mol. The molecule has 0 amide bonds. The Morgan fingerprint density at radius 1 is 1.12 bits per heavy atom. The first kappa shape index (κ1) is 11.7. The van der Waals surface area contributed by atoms with Crippen LogP contribution in [0.2, 0.25) is 0 Å². The molecule has 0 unspecified atom stereocenters. The Bertz CT molecular complexity index is 238. The van der Waals surface area contributed by atoms with E-state index in [1.54, 1.807) is 0 Å². The van der Waals surface area contributed by atoms with Crippen molar-refractivity contribution >= 4 is 5.96 Å². The molecular formula is C13H25N3. The predicted octanol–water partition coefficient (Wildman–Crippen LogP) is 2.51. The Labute approximate surface area is 99.1 Å². The zero-order chi connectivity index (χ0) is 11.4. The fourth-order valence-corrected chi connectivity index (χ4v) is 3.12. The van der Waals surface area contributed by atoms with Gasteiger partial charge in [0.25, 0.3) is 0 Å². The quantitative estimate of drug-likeness (QED) is 0.590. The second-order valence-electron chi connectivity index (χ2n) is 5.15. The van der Waals surface area contributed by atoms with Crippen LogP contribution >= 0.6 is 0 Å². The molecule has 2 fully saturated rings. The van der Waals surface area contributed by atoms with E-state index in [9.17, 15) is 0 Å². The Balaban J connectivity index is 1.95. The molecule has 2 rings (SSSR count). The maximum absolute atomic E-state index is 6.16. The van der Waals surface area contributed by atoms with Gasteiger partial charge in [0, 0.05) is 12.6 Å². The summed E-state index contributed by atoms with van der Waals surface area (Å²) in [6.45, 7) is 3.20. The fraction of sp³-hybridized carbons (Fsp3) is 0.923. The van der Waals surface area contributed by atoms with Crippen LogP contribution in [-0.2, 0) is 0 Å². The highest BCUT2D eigenvalue weighted by Gasteiger charge is 2.23. The van der Waals surface area contributed by atoms with Gasteiger partial charge in [-0.05, 0) is 32.6 Å². The van der Waals surface area contributed by atoms with E-state index >= 15 is 0 Å². The molecule has 0 aliphatic heterocycles. The van der Waals surface area contributed by atoms with Crippen LogP contribution in [0.3, 0.4) is 0 Å². The first-order valence-corrected chi connectivity index (χ1v) is 6.91. The maximum Gasteiger partial charge on any atom is 0.191 e. The van der Waals surface area contributed by atoms with Crippen molar-refractivity contribution in [1.29, 1.82) is 0 Å². The Kier molecular flexibility index (Phi) is 4.08. The van der Waals surface area contributed by atoms with E-state index in [1.807, 2.05) is 0 Å². The Morgan fingerprint density at radius 2 is 1.69 bits per heavy atom. The molecule has 0 bridgehead atoms. The minimum Gasteiger partial charge on any atom is -0.370 e. The third-order valence-corrected chi connectivity index (χ3v) is 4.04. The molecule has 0 aromatic rings. The molecule has 0 saturated heterocycles. The number of aliphatic imine (C=N–C) groups is 1. The van der Waals surface area contributed by atoms with Crippen LogP contribution in [0.15, 0.2) is 4.99 Å². The molecule has 3 nitrogen and oxygen atoms in total. The van der Waals surface area contributed by atoms with Gasteiger partial charge in [0.15, 0.2) is 5.96 Å². The number of nitrogens with zero attached hydrogens (tertiary/aromatic N) is 2. The molecule has 0 aromatic carbocycles. The highest BCUT2D eigenvalue weighted by molar-refractivity contribution is 5.78. The minimum absolute atomic E-state index is 0.510. The van der Waals surface area contributed by atoms with Gasteiger partial charge in [-0.15, -0.1) is 0 Å². The third kappa shape index (κ3) is 2.69. The van der Waals surface area contributed by atoms with Crippen molar-refractivity contribution in [1.82, 2.24) is 4.90 Å². The van der Waals surface area contributed by atoms with Gasteiger partial charge in [-0.3, -0.25) is 0 Å². The number of hydrogen-bond donors (Lipinski definition) is 1. The molecular weight excluding hydrogens is 198 g/mol. The van der Waals surface area contributed by atoms with Gasteiger partial charge >= 0.3 is 0 Å². The summed E-state index contributed by atoms with van der Waals surface area (Å²) in [4.78, 5) is 7.04. The molecule has 2 aliphatic carbocycles. The topological polar surface area (TPSA) is 41.6 Å². The van der Waals surface area contributed by atoms with Crippen LogP contribution in [0.4, 0.5) is 0 Å². The molecule has 2 N–H and O–H groups in total. The zero-order valence-corrected chi connectivity index (χ0v) is 10.5. The average Bonchev–Trinajstić information content (AvgIpc) is 2.91. The van der Waals surface area contributed by atoms with E-state index in [1.165, 1.54) is 51.4 Å². The van der Waals surface area contributed by atoms with Crippen molar-refractivity contribution in [3.05, 3.63) is 0 Å². The molecule has 0 atom stereocenters. The van der Waals surface area contributed by atoms with E-state index < -0.39 is 0 Å². The van der Waals surface area contributed by atoms with E-state index in [0.717, 1.165) is 12.5 Å². The van der Waals surface area contributed by atoms with Crippen LogP contribution in [-0.4, -0.2) is 29.5 Å². The first-order valence-electron chi connectivity index (χ1n) is 6.91. The summed E-state index contributed by atoms with van der Waals surface area (Å²) >= 11 is 0. The smallest absolute Gasteiger partial charge is 0.191 e. The van der Waals surface area contributed by atoms with Crippen molar-refractivity contribution in [3.63, 3.8) is 0 Å². The SMILES string of the molecule is CCN(C(N)=NC1CCCC1)C1CCCC1. The summed E-state index contributed by atoms with van der Waals surface area (Å²) in [6, 6.07) is 1.17. The average molecular weight is 223 g/mol. The largest absolute Gasteiger partial charge is 0.370 e. The van der Waals surface area contributed by atoms with E-state index in [-0.39, 0.29) is 0 Å². The van der Waals surface area contributed by atoms with Gasteiger partial charge < -0.3 is 10.6 Å². The van der Waals surface area contributed by atoms with Crippen molar-refractivity contribution < 1.29 is 0 Å². The van der Waals surface area contributed by atoms with Gasteiger partial charge in [0.1, 0.15) is 0 Å². The molecule has 92 valence electrons. The molecule has 0 radical (unpaired) electrons. The van der Waals surface area contributed by atoms with Gasteiger partial charge in [0.2, 0.25) is 0 Å². The standard InChI is InChI=1S/C13H25N3/c1-2-16(12-9-5-6-10-12)13(14)15-11-7-3-4-8-11/h11-12H,2-10H2,1H3,(H2,14,15). The first-order chi connectivity index (χ1) is 7.81. The van der Waals surface area contributed by atoms with Gasteiger partial charge in [-0.25, -0.2) is 4.99 Å². The molecule has 3 heteroatoms. The summed E-state index contributed by atoms with van der Waals surface area (Å²) in [5, 5.41) is 0. The van der Waals surface area contributed by atoms with Crippen molar-refractivity contribution in [3.8, 4) is 0 Å². The van der Waals surface area contributed by atoms with E-state index in [2.05, 4.69) is 11.8 Å². The van der Waals surface area contributed by atoms with Crippen LogP contribution in [0.5, 0.6) is 0 Å². The Hall–Kier alpha value is -0.730. The molecule has 0 aromatic heterocycles. The lowest BCUT2D eigenvalue weighted by atomic mass is 10.2. The van der Waals surface area contributed by atoms with Crippen LogP contribution in [0, 0.1) is 0 Å². The lowest BCUT2D eigenvalue weighted by molar-refractivity contribution is 0.323. The number of guanidine groups is 1. The molecule has 2 aliphatic rings. The maximum atomic E-state index is 6.16. The summed E-state index contributed by atoms with van der Waals surface area (Å²) < 4.78 is 0. The van der Waals surface area contributed by atoms with E-state index in [4.69, 9.17) is 10.7 Å². The summed E-state index contributed by atoms with van der Waals surface area (Å²) in [7, 11) is 0. The Morgan fingerprint density at radius 3 is 2.25 bits per heavy atom. The molecule has 0 spiro atoms. The minimum atomic E-state index is 0.510. The van der Waals surface area contributed by atoms with Crippen LogP contribution in [0.1, 0.15) is 58.3 Å². The van der Waals surface area contributed by atoms with E-state index in [0.29, 0.717) is 12.1 Å². The van der Waals surface area contributed by atoms with Crippen molar-refractivity contribution in [2.24, 2.45) is 10.7 Å². The number of hydrogen-bond acceptors (Lipinski definition) is 1. The highest BCUT2D eigenvalue weighted by atomic mass is 15.3. The molecule has 16 heavy (non-hydrogen) atoms. The fourth-order valence-electron chi connectivity index (χ4n) is 3.12. The van der Waals surface area contributed by atoms with Gasteiger partial charge in [-0.2, -0.15) is 0 Å².